The summed E-state index contributed by atoms with van der Waals surface area (Å²) in [7, 11) is 1.60. The zero-order valence-electron chi connectivity index (χ0n) is 9.82. The minimum Gasteiger partial charge on any atom is -0.497 e. The van der Waals surface area contributed by atoms with E-state index in [4.69, 9.17) is 4.74 Å². The van der Waals surface area contributed by atoms with E-state index in [2.05, 4.69) is 16.0 Å². The third-order valence-corrected chi connectivity index (χ3v) is 2.72. The van der Waals surface area contributed by atoms with Gasteiger partial charge in [0.15, 0.2) is 0 Å². The fraction of sp³-hybridized carbons (Fsp3) is 0.417. The Morgan fingerprint density at radius 1 is 1.53 bits per heavy atom. The van der Waals surface area contributed by atoms with Crippen molar-refractivity contribution in [1.29, 1.82) is 0 Å². The Morgan fingerprint density at radius 2 is 2.41 bits per heavy atom. The maximum atomic E-state index is 11.7. The molecule has 17 heavy (non-hydrogen) atoms. The molecule has 0 radical (unpaired) electrons. The summed E-state index contributed by atoms with van der Waals surface area (Å²) >= 11 is 0. The molecule has 1 atom stereocenters. The summed E-state index contributed by atoms with van der Waals surface area (Å²) in [5.41, 5.74) is 0.729. The second kappa shape index (κ2) is 5.54. The molecule has 5 heteroatoms. The lowest BCUT2D eigenvalue weighted by Crippen LogP contribution is -2.39. The second-order valence-corrected chi connectivity index (χ2v) is 4.02. The molecule has 1 fully saturated rings. The Bertz CT molecular complexity index is 389. The number of nitrogens with one attached hydrogen (secondary N) is 3. The molecule has 1 heterocycles. The van der Waals surface area contributed by atoms with Gasteiger partial charge in [-0.15, -0.1) is 0 Å². The first kappa shape index (κ1) is 11.7. The van der Waals surface area contributed by atoms with Crippen LogP contribution < -0.4 is 20.7 Å². The molecular formula is C12H17N3O2. The van der Waals surface area contributed by atoms with Crippen LogP contribution in [0.3, 0.4) is 0 Å². The summed E-state index contributed by atoms with van der Waals surface area (Å²) in [6.07, 6.45) is 0.978. The number of hydrogen-bond acceptors (Lipinski definition) is 3. The van der Waals surface area contributed by atoms with Gasteiger partial charge in [-0.2, -0.15) is 0 Å². The third kappa shape index (κ3) is 3.35. The molecular weight excluding hydrogens is 218 g/mol. The molecule has 5 nitrogen and oxygen atoms in total. The van der Waals surface area contributed by atoms with Crippen LogP contribution in [0.25, 0.3) is 0 Å². The molecule has 0 unspecified atom stereocenters. The molecule has 0 aliphatic carbocycles. The van der Waals surface area contributed by atoms with E-state index in [9.17, 15) is 4.79 Å². The van der Waals surface area contributed by atoms with Gasteiger partial charge in [0.1, 0.15) is 5.75 Å². The minimum absolute atomic E-state index is 0.174. The zero-order chi connectivity index (χ0) is 12.1. The zero-order valence-corrected chi connectivity index (χ0v) is 9.82. The van der Waals surface area contributed by atoms with Crippen molar-refractivity contribution in [3.05, 3.63) is 24.3 Å². The number of anilines is 1. The van der Waals surface area contributed by atoms with E-state index in [1.165, 1.54) is 0 Å². The number of ether oxygens (including phenoxy) is 1. The molecule has 2 amide bonds. The first-order chi connectivity index (χ1) is 8.28. The predicted octanol–water partition coefficient (Wildman–Crippen LogP) is 1.18. The van der Waals surface area contributed by atoms with Crippen molar-refractivity contribution in [1.82, 2.24) is 10.6 Å². The number of benzene rings is 1. The maximum absolute atomic E-state index is 11.7. The number of methoxy groups -OCH3 is 1. The maximum Gasteiger partial charge on any atom is 0.319 e. The fourth-order valence-electron chi connectivity index (χ4n) is 1.83. The fourth-order valence-corrected chi connectivity index (χ4v) is 1.83. The van der Waals surface area contributed by atoms with Crippen LogP contribution in [0.4, 0.5) is 10.5 Å². The van der Waals surface area contributed by atoms with E-state index in [0.29, 0.717) is 0 Å². The van der Waals surface area contributed by atoms with Crippen molar-refractivity contribution in [3.63, 3.8) is 0 Å². The molecule has 0 aromatic heterocycles. The molecule has 1 aliphatic heterocycles. The van der Waals surface area contributed by atoms with Crippen LogP contribution in [0.15, 0.2) is 24.3 Å². The first-order valence-corrected chi connectivity index (χ1v) is 5.70. The number of carbonyl (C=O) groups is 1. The Morgan fingerprint density at radius 3 is 3.12 bits per heavy atom. The van der Waals surface area contributed by atoms with Crippen LogP contribution in [0.1, 0.15) is 6.42 Å². The Kier molecular flexibility index (Phi) is 3.82. The van der Waals surface area contributed by atoms with E-state index in [1.54, 1.807) is 13.2 Å². The summed E-state index contributed by atoms with van der Waals surface area (Å²) in [5.74, 6) is 0.727. The molecule has 1 saturated heterocycles. The highest BCUT2D eigenvalue weighted by molar-refractivity contribution is 5.89. The lowest BCUT2D eigenvalue weighted by Gasteiger charge is -2.12. The predicted molar refractivity (Wildman–Crippen MR) is 66.4 cm³/mol. The summed E-state index contributed by atoms with van der Waals surface area (Å²) in [6, 6.07) is 7.34. The number of amides is 2. The number of carbonyl (C=O) groups excluding carboxylic acids is 1. The smallest absolute Gasteiger partial charge is 0.319 e. The summed E-state index contributed by atoms with van der Waals surface area (Å²) < 4.78 is 5.09. The molecule has 0 spiro atoms. The average molecular weight is 235 g/mol. The van der Waals surface area contributed by atoms with Gasteiger partial charge in [0.25, 0.3) is 0 Å². The molecule has 1 aliphatic rings. The van der Waals surface area contributed by atoms with E-state index in [1.807, 2.05) is 18.2 Å². The number of rotatable bonds is 3. The van der Waals surface area contributed by atoms with Gasteiger partial charge in [-0.25, -0.2) is 4.79 Å². The van der Waals surface area contributed by atoms with Gasteiger partial charge in [0, 0.05) is 24.3 Å². The van der Waals surface area contributed by atoms with Gasteiger partial charge in [-0.05, 0) is 25.1 Å². The van der Waals surface area contributed by atoms with Gasteiger partial charge in [0.2, 0.25) is 0 Å². The van der Waals surface area contributed by atoms with Gasteiger partial charge in [-0.1, -0.05) is 6.07 Å². The SMILES string of the molecule is COc1cccc(NC(=O)N[C@H]2CCNC2)c1. The molecule has 1 aromatic rings. The molecule has 0 saturated carbocycles. The minimum atomic E-state index is -0.174. The first-order valence-electron chi connectivity index (χ1n) is 5.70. The second-order valence-electron chi connectivity index (χ2n) is 4.02. The van der Waals surface area contributed by atoms with Crippen molar-refractivity contribution >= 4 is 11.7 Å². The van der Waals surface area contributed by atoms with E-state index < -0.39 is 0 Å². The summed E-state index contributed by atoms with van der Waals surface area (Å²) in [6.45, 7) is 1.80. The number of urea groups is 1. The van der Waals surface area contributed by atoms with Crippen LogP contribution in [-0.4, -0.2) is 32.3 Å². The van der Waals surface area contributed by atoms with Crippen LogP contribution in [0, 0.1) is 0 Å². The van der Waals surface area contributed by atoms with Crippen LogP contribution in [0.5, 0.6) is 5.75 Å². The average Bonchev–Trinajstić information content (AvgIpc) is 2.82. The molecule has 2 rings (SSSR count). The lowest BCUT2D eigenvalue weighted by atomic mass is 10.2. The molecule has 92 valence electrons. The van der Waals surface area contributed by atoms with E-state index in [-0.39, 0.29) is 12.1 Å². The van der Waals surface area contributed by atoms with Crippen LogP contribution in [0.2, 0.25) is 0 Å². The quantitative estimate of drug-likeness (QED) is 0.737. The van der Waals surface area contributed by atoms with Crippen molar-refractivity contribution in [2.45, 2.75) is 12.5 Å². The van der Waals surface area contributed by atoms with Crippen molar-refractivity contribution in [2.75, 3.05) is 25.5 Å². The Hall–Kier alpha value is -1.75. The van der Waals surface area contributed by atoms with Crippen LogP contribution in [-0.2, 0) is 0 Å². The van der Waals surface area contributed by atoms with E-state index in [0.717, 1.165) is 30.9 Å². The van der Waals surface area contributed by atoms with Crippen molar-refractivity contribution in [3.8, 4) is 5.75 Å². The van der Waals surface area contributed by atoms with Gasteiger partial charge < -0.3 is 20.7 Å². The largest absolute Gasteiger partial charge is 0.497 e. The summed E-state index contributed by atoms with van der Waals surface area (Å²) in [4.78, 5) is 11.7. The lowest BCUT2D eigenvalue weighted by molar-refractivity contribution is 0.249. The standard InChI is InChI=1S/C12H17N3O2/c1-17-11-4-2-3-9(7-11)14-12(16)15-10-5-6-13-8-10/h2-4,7,10,13H,5-6,8H2,1H3,(H2,14,15,16)/t10-/m0/s1. The Balaban J connectivity index is 1.88. The summed E-state index contributed by atoms with van der Waals surface area (Å²) in [5, 5.41) is 8.89. The van der Waals surface area contributed by atoms with Crippen LogP contribution >= 0.6 is 0 Å². The highest BCUT2D eigenvalue weighted by atomic mass is 16.5. The highest BCUT2D eigenvalue weighted by Gasteiger charge is 2.16. The van der Waals surface area contributed by atoms with E-state index >= 15 is 0 Å². The third-order valence-electron chi connectivity index (χ3n) is 2.72. The topological polar surface area (TPSA) is 62.4 Å². The highest BCUT2D eigenvalue weighted by Crippen LogP contribution is 2.16. The van der Waals surface area contributed by atoms with Gasteiger partial charge in [-0.3, -0.25) is 0 Å². The molecule has 1 aromatic carbocycles. The van der Waals surface area contributed by atoms with Crippen molar-refractivity contribution in [2.24, 2.45) is 0 Å². The number of hydrogen-bond donors (Lipinski definition) is 3. The van der Waals surface area contributed by atoms with Gasteiger partial charge >= 0.3 is 6.03 Å². The molecule has 0 bridgehead atoms. The van der Waals surface area contributed by atoms with Gasteiger partial charge in [0.05, 0.1) is 7.11 Å². The molecule has 3 N–H and O–H groups in total. The Labute approximate surface area is 101 Å². The monoisotopic (exact) mass is 235 g/mol. The van der Waals surface area contributed by atoms with Crippen molar-refractivity contribution < 1.29 is 9.53 Å². The normalized spacial score (nSPS) is 18.8.